The number of fused-ring (bicyclic) bond motifs is 1. The van der Waals surface area contributed by atoms with Gasteiger partial charge in [-0.25, -0.2) is 9.97 Å². The van der Waals surface area contributed by atoms with Gasteiger partial charge in [0.2, 0.25) is 0 Å². The van der Waals surface area contributed by atoms with Crippen LogP contribution in [-0.2, 0) is 0 Å². The molecular formula is C21H17Cl2N3OS. The van der Waals surface area contributed by atoms with Crippen LogP contribution in [0.25, 0.3) is 21.3 Å². The quantitative estimate of drug-likeness (QED) is 0.366. The minimum Gasteiger partial charge on any atom is -0.494 e. The first kappa shape index (κ1) is 19.0. The highest BCUT2D eigenvalue weighted by atomic mass is 35.5. The van der Waals surface area contributed by atoms with Crippen LogP contribution >= 0.6 is 34.5 Å². The first-order valence-electron chi connectivity index (χ1n) is 8.76. The molecule has 2 aromatic heterocycles. The van der Waals surface area contributed by atoms with Gasteiger partial charge in [-0.2, -0.15) is 0 Å². The van der Waals surface area contributed by atoms with E-state index in [0.717, 1.165) is 32.8 Å². The average Bonchev–Trinajstić information content (AvgIpc) is 3.02. The van der Waals surface area contributed by atoms with Crippen molar-refractivity contribution in [1.82, 2.24) is 9.97 Å². The van der Waals surface area contributed by atoms with Gasteiger partial charge in [0.05, 0.1) is 22.7 Å². The van der Waals surface area contributed by atoms with E-state index in [1.165, 1.54) is 4.88 Å². The Hall–Kier alpha value is -2.34. The number of halogens is 2. The second-order valence-corrected chi connectivity index (χ2v) is 8.19. The first-order valence-corrected chi connectivity index (χ1v) is 10.3. The molecule has 1 N–H and O–H groups in total. The summed E-state index contributed by atoms with van der Waals surface area (Å²) in [6, 6.07) is 13.4. The summed E-state index contributed by atoms with van der Waals surface area (Å²) in [6.07, 6.45) is 1.56. The predicted octanol–water partition coefficient (Wildman–Crippen LogP) is 7.12. The maximum Gasteiger partial charge on any atom is 0.143 e. The molecule has 0 aliphatic rings. The van der Waals surface area contributed by atoms with E-state index in [1.807, 2.05) is 25.1 Å². The molecule has 0 aliphatic carbocycles. The molecule has 142 valence electrons. The highest BCUT2D eigenvalue weighted by molar-refractivity contribution is 7.19. The molecule has 28 heavy (non-hydrogen) atoms. The van der Waals surface area contributed by atoms with Crippen LogP contribution in [0.15, 0.2) is 48.8 Å². The Morgan fingerprint density at radius 3 is 2.57 bits per heavy atom. The summed E-state index contributed by atoms with van der Waals surface area (Å²) in [7, 11) is 0. The Morgan fingerprint density at radius 1 is 1.07 bits per heavy atom. The molecule has 0 spiro atoms. The van der Waals surface area contributed by atoms with Crippen molar-refractivity contribution in [2.24, 2.45) is 0 Å². The molecule has 4 aromatic rings. The molecule has 0 aliphatic heterocycles. The van der Waals surface area contributed by atoms with E-state index in [9.17, 15) is 0 Å². The summed E-state index contributed by atoms with van der Waals surface area (Å²) in [6.45, 7) is 4.71. The van der Waals surface area contributed by atoms with Crippen molar-refractivity contribution in [3.8, 4) is 16.9 Å². The molecule has 0 radical (unpaired) electrons. The van der Waals surface area contributed by atoms with Crippen molar-refractivity contribution >= 4 is 56.3 Å². The Morgan fingerprint density at radius 2 is 1.86 bits per heavy atom. The lowest BCUT2D eigenvalue weighted by molar-refractivity contribution is 0.340. The normalized spacial score (nSPS) is 11.0. The lowest BCUT2D eigenvalue weighted by Crippen LogP contribution is -1.96. The van der Waals surface area contributed by atoms with Gasteiger partial charge in [0.1, 0.15) is 22.7 Å². The number of nitrogens with zero attached hydrogens (tertiary/aromatic N) is 2. The number of benzene rings is 2. The monoisotopic (exact) mass is 429 g/mol. The van der Waals surface area contributed by atoms with Crippen LogP contribution in [0.2, 0.25) is 10.0 Å². The van der Waals surface area contributed by atoms with Gasteiger partial charge in [0, 0.05) is 15.5 Å². The van der Waals surface area contributed by atoms with Gasteiger partial charge in [-0.1, -0.05) is 35.3 Å². The second kappa shape index (κ2) is 7.95. The molecule has 4 rings (SSSR count). The zero-order chi connectivity index (χ0) is 19.7. The fraction of sp³-hybridized carbons (Fsp3) is 0.143. The van der Waals surface area contributed by atoms with Crippen molar-refractivity contribution in [2.45, 2.75) is 13.8 Å². The Balaban J connectivity index is 1.82. The van der Waals surface area contributed by atoms with Gasteiger partial charge in [0.15, 0.2) is 0 Å². The van der Waals surface area contributed by atoms with Crippen LogP contribution in [-0.4, -0.2) is 16.6 Å². The Kier molecular flexibility index (Phi) is 5.40. The van der Waals surface area contributed by atoms with E-state index >= 15 is 0 Å². The Labute approximate surface area is 177 Å². The molecule has 4 nitrogen and oxygen atoms in total. The standard InChI is InChI=1S/C21H17Cl2N3OS/c1-3-27-15-7-4-13(5-8-15)18-12(2)28-21-19(18)20(24-11-25-21)26-17-9-6-14(22)10-16(17)23/h4-11H,3H2,1-2H3,(H,24,25,26). The molecule has 0 unspecified atom stereocenters. The molecule has 2 heterocycles. The number of thiophene rings is 1. The van der Waals surface area contributed by atoms with Crippen LogP contribution in [0.1, 0.15) is 11.8 Å². The topological polar surface area (TPSA) is 47.0 Å². The molecule has 0 bridgehead atoms. The SMILES string of the molecule is CCOc1ccc(-c2c(C)sc3ncnc(Nc4ccc(Cl)cc4Cl)c23)cc1. The highest BCUT2D eigenvalue weighted by Gasteiger charge is 2.17. The molecule has 0 atom stereocenters. The number of aryl methyl sites for hydroxylation is 1. The largest absolute Gasteiger partial charge is 0.494 e. The number of nitrogens with one attached hydrogen (secondary N) is 1. The van der Waals surface area contributed by atoms with Crippen molar-refractivity contribution in [3.05, 3.63) is 63.7 Å². The average molecular weight is 430 g/mol. The third-order valence-electron chi connectivity index (χ3n) is 4.30. The minimum absolute atomic E-state index is 0.536. The van der Waals surface area contributed by atoms with Crippen LogP contribution in [0.4, 0.5) is 11.5 Å². The van der Waals surface area contributed by atoms with Crippen molar-refractivity contribution < 1.29 is 4.74 Å². The van der Waals surface area contributed by atoms with Crippen LogP contribution in [0.5, 0.6) is 5.75 Å². The summed E-state index contributed by atoms with van der Waals surface area (Å²) in [5.74, 6) is 1.56. The maximum absolute atomic E-state index is 6.34. The third kappa shape index (κ3) is 3.65. The molecule has 0 fully saturated rings. The summed E-state index contributed by atoms with van der Waals surface area (Å²) in [4.78, 5) is 11.0. The van der Waals surface area contributed by atoms with E-state index < -0.39 is 0 Å². The molecule has 0 saturated carbocycles. The van der Waals surface area contributed by atoms with E-state index in [2.05, 4.69) is 34.3 Å². The molecule has 7 heteroatoms. The van der Waals surface area contributed by atoms with Gasteiger partial charge in [0.25, 0.3) is 0 Å². The summed E-state index contributed by atoms with van der Waals surface area (Å²) in [5.41, 5.74) is 2.94. The fourth-order valence-electron chi connectivity index (χ4n) is 3.09. The van der Waals surface area contributed by atoms with Gasteiger partial charge in [-0.3, -0.25) is 0 Å². The lowest BCUT2D eigenvalue weighted by Gasteiger charge is -2.11. The van der Waals surface area contributed by atoms with Gasteiger partial charge in [-0.05, 0) is 49.7 Å². The van der Waals surface area contributed by atoms with Crippen LogP contribution in [0.3, 0.4) is 0 Å². The summed E-state index contributed by atoms with van der Waals surface area (Å²) < 4.78 is 5.56. The number of rotatable bonds is 5. The lowest BCUT2D eigenvalue weighted by atomic mass is 10.0. The number of hydrogen-bond donors (Lipinski definition) is 1. The van der Waals surface area contributed by atoms with E-state index in [-0.39, 0.29) is 0 Å². The molecule has 2 aromatic carbocycles. The van der Waals surface area contributed by atoms with Crippen molar-refractivity contribution in [3.63, 3.8) is 0 Å². The number of ether oxygens (including phenoxy) is 1. The van der Waals surface area contributed by atoms with Crippen molar-refractivity contribution in [1.29, 1.82) is 0 Å². The van der Waals surface area contributed by atoms with Crippen LogP contribution in [0, 0.1) is 6.92 Å². The van der Waals surface area contributed by atoms with E-state index in [0.29, 0.717) is 22.5 Å². The molecule has 0 amide bonds. The predicted molar refractivity (Wildman–Crippen MR) is 119 cm³/mol. The van der Waals surface area contributed by atoms with E-state index in [4.69, 9.17) is 27.9 Å². The maximum atomic E-state index is 6.34. The second-order valence-electron chi connectivity index (χ2n) is 6.14. The van der Waals surface area contributed by atoms with Crippen molar-refractivity contribution in [2.75, 3.05) is 11.9 Å². The summed E-state index contributed by atoms with van der Waals surface area (Å²) >= 11 is 14.0. The molecule has 0 saturated heterocycles. The van der Waals surface area contributed by atoms with Crippen LogP contribution < -0.4 is 10.1 Å². The molecular weight excluding hydrogens is 413 g/mol. The minimum atomic E-state index is 0.536. The fourth-order valence-corrected chi connectivity index (χ4v) is 4.56. The number of aromatic nitrogens is 2. The zero-order valence-electron chi connectivity index (χ0n) is 15.3. The zero-order valence-corrected chi connectivity index (χ0v) is 17.6. The summed E-state index contributed by atoms with van der Waals surface area (Å²) in [5, 5.41) is 5.43. The third-order valence-corrected chi connectivity index (χ3v) is 5.86. The Bertz CT molecular complexity index is 1140. The smallest absolute Gasteiger partial charge is 0.143 e. The first-order chi connectivity index (χ1) is 13.6. The highest BCUT2D eigenvalue weighted by Crippen LogP contribution is 2.42. The van der Waals surface area contributed by atoms with E-state index in [1.54, 1.807) is 29.8 Å². The van der Waals surface area contributed by atoms with Gasteiger partial charge >= 0.3 is 0 Å². The number of anilines is 2. The van der Waals surface area contributed by atoms with Gasteiger partial charge in [-0.15, -0.1) is 11.3 Å². The van der Waals surface area contributed by atoms with Gasteiger partial charge < -0.3 is 10.1 Å². The number of hydrogen-bond acceptors (Lipinski definition) is 5.